The summed E-state index contributed by atoms with van der Waals surface area (Å²) < 4.78 is 22.1. The van der Waals surface area contributed by atoms with Gasteiger partial charge in [0.2, 0.25) is 0 Å². The minimum Gasteiger partial charge on any atom is -0.481 e. The summed E-state index contributed by atoms with van der Waals surface area (Å²) >= 11 is 0. The number of sulfone groups is 1. The van der Waals surface area contributed by atoms with E-state index in [0.717, 1.165) is 0 Å². The highest BCUT2D eigenvalue weighted by Gasteiger charge is 2.27. The molecular weight excluding hydrogens is 206 g/mol. The molecule has 0 aromatic heterocycles. The first-order valence-corrected chi connectivity index (χ1v) is 6.39. The van der Waals surface area contributed by atoms with Gasteiger partial charge in [-0.15, -0.1) is 0 Å². The largest absolute Gasteiger partial charge is 0.481 e. The molecule has 0 aromatic carbocycles. The van der Waals surface area contributed by atoms with Crippen molar-refractivity contribution in [2.45, 2.75) is 19.4 Å². The van der Waals surface area contributed by atoms with E-state index in [4.69, 9.17) is 5.11 Å². The number of hydrogen-bond acceptors (Lipinski definition) is 4. The molecule has 1 aliphatic rings. The van der Waals surface area contributed by atoms with E-state index in [1.165, 1.54) is 0 Å². The molecule has 0 aromatic rings. The van der Waals surface area contributed by atoms with Gasteiger partial charge in [0, 0.05) is 12.6 Å². The maximum Gasteiger partial charge on any atom is 0.307 e. The summed E-state index contributed by atoms with van der Waals surface area (Å²) in [7, 11) is -2.87. The van der Waals surface area contributed by atoms with Gasteiger partial charge in [-0.25, -0.2) is 8.42 Å². The molecule has 0 saturated carbocycles. The van der Waals surface area contributed by atoms with E-state index in [0.29, 0.717) is 13.0 Å². The van der Waals surface area contributed by atoms with E-state index in [-0.39, 0.29) is 17.5 Å². The molecule has 2 N–H and O–H groups in total. The van der Waals surface area contributed by atoms with E-state index >= 15 is 0 Å². The third-order valence-electron chi connectivity index (χ3n) is 2.37. The van der Waals surface area contributed by atoms with Crippen LogP contribution in [0.15, 0.2) is 0 Å². The van der Waals surface area contributed by atoms with Gasteiger partial charge in [0.25, 0.3) is 0 Å². The molecule has 1 saturated heterocycles. The number of carbonyl (C=O) groups is 1. The van der Waals surface area contributed by atoms with Crippen LogP contribution in [-0.4, -0.2) is 43.6 Å². The highest BCUT2D eigenvalue weighted by Crippen LogP contribution is 2.11. The maximum atomic E-state index is 11.1. The smallest absolute Gasteiger partial charge is 0.307 e. The average molecular weight is 221 g/mol. The summed E-state index contributed by atoms with van der Waals surface area (Å²) in [6, 6.07) is -0.0678. The summed E-state index contributed by atoms with van der Waals surface area (Å²) in [5.41, 5.74) is 0. The third kappa shape index (κ3) is 3.26. The molecule has 1 rings (SSSR count). The first-order valence-electron chi connectivity index (χ1n) is 4.57. The molecule has 2 unspecified atom stereocenters. The lowest BCUT2D eigenvalue weighted by atomic mass is 10.1. The molecule has 0 bridgehead atoms. The normalized spacial score (nSPS) is 27.4. The van der Waals surface area contributed by atoms with Gasteiger partial charge < -0.3 is 10.4 Å². The van der Waals surface area contributed by atoms with Crippen LogP contribution in [0.25, 0.3) is 0 Å². The third-order valence-corrected chi connectivity index (χ3v) is 4.13. The van der Waals surface area contributed by atoms with E-state index in [1.54, 1.807) is 6.92 Å². The topological polar surface area (TPSA) is 83.5 Å². The Bertz CT molecular complexity index is 311. The molecule has 0 amide bonds. The lowest BCUT2D eigenvalue weighted by molar-refractivity contribution is -0.140. The molecule has 0 radical (unpaired) electrons. The summed E-state index contributed by atoms with van der Waals surface area (Å²) in [6.45, 7) is 1.92. The Morgan fingerprint density at radius 1 is 1.64 bits per heavy atom. The Kier molecular flexibility index (Phi) is 3.49. The standard InChI is InChI=1S/C8H15NO4S/c1-6(8(10)11)4-9-7-2-3-14(12,13)5-7/h6-7,9H,2-5H2,1H3,(H,10,11). The Labute approximate surface area is 83.4 Å². The van der Waals surface area contributed by atoms with Crippen molar-refractivity contribution in [3.8, 4) is 0 Å². The van der Waals surface area contributed by atoms with Crippen molar-refractivity contribution in [1.82, 2.24) is 5.32 Å². The Morgan fingerprint density at radius 3 is 2.71 bits per heavy atom. The fraction of sp³-hybridized carbons (Fsp3) is 0.875. The predicted molar refractivity (Wildman–Crippen MR) is 51.9 cm³/mol. The van der Waals surface area contributed by atoms with E-state index in [2.05, 4.69) is 5.32 Å². The van der Waals surface area contributed by atoms with Crippen molar-refractivity contribution in [3.63, 3.8) is 0 Å². The van der Waals surface area contributed by atoms with Crippen LogP contribution in [0.4, 0.5) is 0 Å². The van der Waals surface area contributed by atoms with Crippen LogP contribution in [0.1, 0.15) is 13.3 Å². The SMILES string of the molecule is CC(CNC1CCS(=O)(=O)C1)C(=O)O. The van der Waals surface area contributed by atoms with Crippen molar-refractivity contribution < 1.29 is 18.3 Å². The molecule has 1 heterocycles. The fourth-order valence-electron chi connectivity index (χ4n) is 1.39. The van der Waals surface area contributed by atoms with Crippen molar-refractivity contribution in [1.29, 1.82) is 0 Å². The minimum atomic E-state index is -2.87. The van der Waals surface area contributed by atoms with Crippen molar-refractivity contribution >= 4 is 15.8 Å². The van der Waals surface area contributed by atoms with Crippen LogP contribution < -0.4 is 5.32 Å². The Morgan fingerprint density at radius 2 is 2.29 bits per heavy atom. The second-order valence-corrected chi connectivity index (χ2v) is 5.98. The predicted octanol–water partition coefficient (Wildman–Crippen LogP) is -0.516. The summed E-state index contributed by atoms with van der Waals surface area (Å²) in [5.74, 6) is -0.984. The number of carboxylic acids is 1. The van der Waals surface area contributed by atoms with Gasteiger partial charge in [-0.05, 0) is 6.42 Å². The van der Waals surface area contributed by atoms with Gasteiger partial charge in [0.1, 0.15) is 0 Å². The van der Waals surface area contributed by atoms with E-state index in [9.17, 15) is 13.2 Å². The molecule has 6 heteroatoms. The summed E-state index contributed by atoms with van der Waals surface area (Å²) in [6.07, 6.45) is 0.592. The number of nitrogens with one attached hydrogen (secondary N) is 1. The van der Waals surface area contributed by atoms with Crippen LogP contribution in [0.3, 0.4) is 0 Å². The van der Waals surface area contributed by atoms with Crippen molar-refractivity contribution in [2.24, 2.45) is 5.92 Å². The van der Waals surface area contributed by atoms with Crippen molar-refractivity contribution in [2.75, 3.05) is 18.1 Å². The molecular formula is C8H15NO4S. The van der Waals surface area contributed by atoms with Crippen molar-refractivity contribution in [3.05, 3.63) is 0 Å². The molecule has 1 fully saturated rings. The number of carboxylic acid groups (broad SMARTS) is 1. The van der Waals surface area contributed by atoms with Gasteiger partial charge in [0.15, 0.2) is 9.84 Å². The molecule has 14 heavy (non-hydrogen) atoms. The summed E-state index contributed by atoms with van der Waals surface area (Å²) in [5, 5.41) is 11.6. The molecule has 2 atom stereocenters. The van der Waals surface area contributed by atoms with E-state index < -0.39 is 21.7 Å². The molecule has 5 nitrogen and oxygen atoms in total. The van der Waals surface area contributed by atoms with Gasteiger partial charge in [-0.1, -0.05) is 6.92 Å². The van der Waals surface area contributed by atoms with Crippen LogP contribution in [0.5, 0.6) is 0 Å². The van der Waals surface area contributed by atoms with Crippen LogP contribution in [-0.2, 0) is 14.6 Å². The lowest BCUT2D eigenvalue weighted by Crippen LogP contribution is -2.35. The van der Waals surface area contributed by atoms with Crippen LogP contribution in [0.2, 0.25) is 0 Å². The quantitative estimate of drug-likeness (QED) is 0.667. The van der Waals surface area contributed by atoms with Gasteiger partial charge in [-0.2, -0.15) is 0 Å². The van der Waals surface area contributed by atoms with E-state index in [1.807, 2.05) is 0 Å². The highest BCUT2D eigenvalue weighted by molar-refractivity contribution is 7.91. The first kappa shape index (κ1) is 11.5. The van der Waals surface area contributed by atoms with Gasteiger partial charge >= 0.3 is 5.97 Å². The fourth-order valence-corrected chi connectivity index (χ4v) is 3.09. The zero-order chi connectivity index (χ0) is 10.8. The first-order chi connectivity index (χ1) is 6.41. The summed E-state index contributed by atoms with van der Waals surface area (Å²) in [4.78, 5) is 10.5. The van der Waals surface area contributed by atoms with Gasteiger partial charge in [0.05, 0.1) is 17.4 Å². The highest BCUT2D eigenvalue weighted by atomic mass is 32.2. The maximum absolute atomic E-state index is 11.1. The average Bonchev–Trinajstić information content (AvgIpc) is 2.41. The zero-order valence-electron chi connectivity index (χ0n) is 8.06. The molecule has 82 valence electrons. The second-order valence-electron chi connectivity index (χ2n) is 3.75. The number of hydrogen-bond donors (Lipinski definition) is 2. The zero-order valence-corrected chi connectivity index (χ0v) is 8.88. The lowest BCUT2D eigenvalue weighted by Gasteiger charge is -2.12. The Hall–Kier alpha value is -0.620. The monoisotopic (exact) mass is 221 g/mol. The number of rotatable bonds is 4. The van der Waals surface area contributed by atoms with Gasteiger partial charge in [-0.3, -0.25) is 4.79 Å². The Balaban J connectivity index is 2.31. The van der Waals surface area contributed by atoms with Crippen LogP contribution >= 0.6 is 0 Å². The second kappa shape index (κ2) is 4.27. The molecule has 1 aliphatic heterocycles. The molecule has 0 spiro atoms. The molecule has 0 aliphatic carbocycles. The van der Waals surface area contributed by atoms with Crippen LogP contribution in [0, 0.1) is 5.92 Å². The minimum absolute atomic E-state index is 0.0678. The number of aliphatic carboxylic acids is 1.